The maximum absolute atomic E-state index is 12.3. The van der Waals surface area contributed by atoms with Gasteiger partial charge in [0.15, 0.2) is 0 Å². The van der Waals surface area contributed by atoms with Crippen molar-refractivity contribution in [1.29, 1.82) is 0 Å². The first-order valence-electron chi connectivity index (χ1n) is 6.33. The molecule has 1 saturated carbocycles. The van der Waals surface area contributed by atoms with Crippen LogP contribution in [0, 0.1) is 11.8 Å². The van der Waals surface area contributed by atoms with Crippen molar-refractivity contribution in [2.45, 2.75) is 32.3 Å². The van der Waals surface area contributed by atoms with Crippen molar-refractivity contribution in [2.24, 2.45) is 17.6 Å². The fourth-order valence-electron chi connectivity index (χ4n) is 2.90. The van der Waals surface area contributed by atoms with Crippen LogP contribution in [0.1, 0.15) is 26.2 Å². The van der Waals surface area contributed by atoms with Crippen molar-refractivity contribution < 1.29 is 9.53 Å². The minimum absolute atomic E-state index is 0.176. The van der Waals surface area contributed by atoms with Crippen molar-refractivity contribution in [3.8, 4) is 0 Å². The molecule has 92 valence electrons. The van der Waals surface area contributed by atoms with Gasteiger partial charge in [0.1, 0.15) is 0 Å². The van der Waals surface area contributed by atoms with Gasteiger partial charge in [0, 0.05) is 19.0 Å². The molecule has 16 heavy (non-hydrogen) atoms. The van der Waals surface area contributed by atoms with E-state index < -0.39 is 0 Å². The third-order valence-corrected chi connectivity index (χ3v) is 3.83. The minimum atomic E-state index is 0.176. The minimum Gasteiger partial charge on any atom is -0.375 e. The highest BCUT2D eigenvalue weighted by molar-refractivity contribution is 5.79. The summed E-state index contributed by atoms with van der Waals surface area (Å²) >= 11 is 0. The van der Waals surface area contributed by atoms with Crippen molar-refractivity contribution in [3.63, 3.8) is 0 Å². The normalized spacial score (nSPS) is 35.4. The van der Waals surface area contributed by atoms with Gasteiger partial charge in [-0.3, -0.25) is 4.79 Å². The van der Waals surface area contributed by atoms with Crippen LogP contribution in [0.4, 0.5) is 0 Å². The lowest BCUT2D eigenvalue weighted by molar-refractivity contribution is -0.143. The summed E-state index contributed by atoms with van der Waals surface area (Å²) in [6, 6.07) is 0. The molecule has 0 aromatic rings. The van der Waals surface area contributed by atoms with Crippen LogP contribution in [0.3, 0.4) is 0 Å². The van der Waals surface area contributed by atoms with Gasteiger partial charge in [0.05, 0.1) is 12.7 Å². The summed E-state index contributed by atoms with van der Waals surface area (Å²) in [5.74, 6) is 0.893. The van der Waals surface area contributed by atoms with E-state index in [1.807, 2.05) is 11.8 Å². The average molecular weight is 226 g/mol. The summed E-state index contributed by atoms with van der Waals surface area (Å²) in [5.41, 5.74) is 5.72. The largest absolute Gasteiger partial charge is 0.375 e. The van der Waals surface area contributed by atoms with Crippen LogP contribution in [0.5, 0.6) is 0 Å². The molecule has 1 amide bonds. The maximum Gasteiger partial charge on any atom is 0.226 e. The summed E-state index contributed by atoms with van der Waals surface area (Å²) < 4.78 is 5.46. The summed E-state index contributed by atoms with van der Waals surface area (Å²) in [6.45, 7) is 4.83. The van der Waals surface area contributed by atoms with Crippen LogP contribution in [-0.4, -0.2) is 43.2 Å². The molecule has 0 aromatic carbocycles. The Morgan fingerprint density at radius 2 is 2.31 bits per heavy atom. The van der Waals surface area contributed by atoms with E-state index in [0.29, 0.717) is 25.0 Å². The number of nitrogens with zero attached hydrogens (tertiary/aromatic N) is 1. The second-order valence-corrected chi connectivity index (χ2v) is 5.00. The number of amides is 1. The zero-order valence-corrected chi connectivity index (χ0v) is 10.0. The fourth-order valence-corrected chi connectivity index (χ4v) is 2.90. The average Bonchev–Trinajstić information content (AvgIpc) is 2.76. The zero-order valence-electron chi connectivity index (χ0n) is 10.0. The second kappa shape index (κ2) is 5.15. The standard InChI is InChI=1S/C12H22N2O2/c1-9-8-14(5-6-16-9)12(15)11-4-2-3-10(11)7-13/h9-11H,2-8,13H2,1H3. The van der Waals surface area contributed by atoms with Gasteiger partial charge < -0.3 is 15.4 Å². The van der Waals surface area contributed by atoms with E-state index in [2.05, 4.69) is 0 Å². The Morgan fingerprint density at radius 3 is 3.00 bits per heavy atom. The molecule has 3 atom stereocenters. The molecule has 4 nitrogen and oxygen atoms in total. The third-order valence-electron chi connectivity index (χ3n) is 3.83. The molecular formula is C12H22N2O2. The van der Waals surface area contributed by atoms with E-state index in [9.17, 15) is 4.79 Å². The van der Waals surface area contributed by atoms with Crippen molar-refractivity contribution >= 4 is 5.91 Å². The first kappa shape index (κ1) is 11.9. The lowest BCUT2D eigenvalue weighted by atomic mass is 9.94. The van der Waals surface area contributed by atoms with Crippen LogP contribution in [0.15, 0.2) is 0 Å². The highest BCUT2D eigenvalue weighted by Crippen LogP contribution is 2.32. The van der Waals surface area contributed by atoms with Crippen LogP contribution >= 0.6 is 0 Å². The van der Waals surface area contributed by atoms with E-state index in [-0.39, 0.29) is 12.0 Å². The molecule has 0 spiro atoms. The molecule has 1 heterocycles. The monoisotopic (exact) mass is 226 g/mol. The molecule has 2 rings (SSSR count). The smallest absolute Gasteiger partial charge is 0.226 e. The van der Waals surface area contributed by atoms with E-state index in [1.165, 1.54) is 0 Å². The number of ether oxygens (including phenoxy) is 1. The summed E-state index contributed by atoms with van der Waals surface area (Å²) in [7, 11) is 0. The van der Waals surface area contributed by atoms with Crippen molar-refractivity contribution in [3.05, 3.63) is 0 Å². The van der Waals surface area contributed by atoms with Crippen LogP contribution in [-0.2, 0) is 9.53 Å². The Kier molecular flexibility index (Phi) is 3.82. The Hall–Kier alpha value is -0.610. The number of morpholine rings is 1. The summed E-state index contributed by atoms with van der Waals surface area (Å²) in [4.78, 5) is 14.3. The number of carbonyl (C=O) groups excluding carboxylic acids is 1. The molecule has 0 radical (unpaired) electrons. The molecule has 1 aliphatic heterocycles. The SMILES string of the molecule is CC1CN(C(=O)C2CCCC2CN)CCO1. The number of nitrogens with two attached hydrogens (primary N) is 1. The molecule has 2 aliphatic rings. The second-order valence-electron chi connectivity index (χ2n) is 5.00. The zero-order chi connectivity index (χ0) is 11.5. The molecule has 3 unspecified atom stereocenters. The number of rotatable bonds is 2. The Labute approximate surface area is 97.1 Å². The highest BCUT2D eigenvalue weighted by Gasteiger charge is 2.35. The molecule has 1 aliphatic carbocycles. The van der Waals surface area contributed by atoms with Gasteiger partial charge in [-0.15, -0.1) is 0 Å². The number of carbonyl (C=O) groups is 1. The van der Waals surface area contributed by atoms with Crippen LogP contribution in [0.25, 0.3) is 0 Å². The van der Waals surface area contributed by atoms with Gasteiger partial charge in [-0.25, -0.2) is 0 Å². The first-order chi connectivity index (χ1) is 7.72. The van der Waals surface area contributed by atoms with Gasteiger partial charge in [-0.2, -0.15) is 0 Å². The Balaban J connectivity index is 1.95. The molecule has 2 N–H and O–H groups in total. The van der Waals surface area contributed by atoms with Gasteiger partial charge >= 0.3 is 0 Å². The van der Waals surface area contributed by atoms with Crippen LogP contribution < -0.4 is 5.73 Å². The summed E-state index contributed by atoms with van der Waals surface area (Å²) in [6.07, 6.45) is 3.47. The third kappa shape index (κ3) is 2.38. The van der Waals surface area contributed by atoms with E-state index >= 15 is 0 Å². The predicted octanol–water partition coefficient (Wildman–Crippen LogP) is 0.609. The molecule has 2 fully saturated rings. The molecule has 0 bridgehead atoms. The Morgan fingerprint density at radius 1 is 1.50 bits per heavy atom. The lowest BCUT2D eigenvalue weighted by Gasteiger charge is -2.34. The van der Waals surface area contributed by atoms with Gasteiger partial charge in [0.25, 0.3) is 0 Å². The van der Waals surface area contributed by atoms with Crippen molar-refractivity contribution in [1.82, 2.24) is 4.90 Å². The van der Waals surface area contributed by atoms with Crippen molar-refractivity contribution in [2.75, 3.05) is 26.2 Å². The number of hydrogen-bond acceptors (Lipinski definition) is 3. The van der Waals surface area contributed by atoms with Gasteiger partial charge in [-0.1, -0.05) is 6.42 Å². The lowest BCUT2D eigenvalue weighted by Crippen LogP contribution is -2.48. The maximum atomic E-state index is 12.3. The number of hydrogen-bond donors (Lipinski definition) is 1. The topological polar surface area (TPSA) is 55.6 Å². The Bertz CT molecular complexity index is 257. The van der Waals surface area contributed by atoms with E-state index in [4.69, 9.17) is 10.5 Å². The fraction of sp³-hybridized carbons (Fsp3) is 0.917. The van der Waals surface area contributed by atoms with E-state index in [1.54, 1.807) is 0 Å². The molecule has 0 aromatic heterocycles. The summed E-state index contributed by atoms with van der Waals surface area (Å²) in [5, 5.41) is 0. The van der Waals surface area contributed by atoms with Gasteiger partial charge in [0.2, 0.25) is 5.91 Å². The first-order valence-corrected chi connectivity index (χ1v) is 6.33. The van der Waals surface area contributed by atoms with E-state index in [0.717, 1.165) is 32.4 Å². The highest BCUT2D eigenvalue weighted by atomic mass is 16.5. The van der Waals surface area contributed by atoms with Gasteiger partial charge in [-0.05, 0) is 32.2 Å². The van der Waals surface area contributed by atoms with Crippen LogP contribution in [0.2, 0.25) is 0 Å². The molecule has 1 saturated heterocycles. The predicted molar refractivity (Wildman–Crippen MR) is 61.9 cm³/mol. The molecular weight excluding hydrogens is 204 g/mol. The quantitative estimate of drug-likeness (QED) is 0.750. The molecule has 4 heteroatoms.